The molecule has 0 aliphatic rings. The molecule has 0 bridgehead atoms. The Bertz CT molecular complexity index is 1540. The molecule has 0 aliphatic carbocycles. The van der Waals surface area contributed by atoms with Crippen LogP contribution in [0.1, 0.15) is 26.9 Å². The number of rotatable bonds is 6. The predicted molar refractivity (Wildman–Crippen MR) is 128 cm³/mol. The molecule has 0 N–H and O–H groups in total. The number of fused-ring (bicyclic) bond motifs is 3. The van der Waals surface area contributed by atoms with Gasteiger partial charge in [0, 0.05) is 23.1 Å². The van der Waals surface area contributed by atoms with Crippen LogP contribution in [0.3, 0.4) is 0 Å². The molecule has 0 aliphatic heterocycles. The molecule has 33 heavy (non-hydrogen) atoms. The molecule has 0 radical (unpaired) electrons. The van der Waals surface area contributed by atoms with Crippen molar-refractivity contribution in [3.8, 4) is 0 Å². The van der Waals surface area contributed by atoms with Gasteiger partial charge in [0.25, 0.3) is 5.56 Å². The number of para-hydroxylation sites is 1. The van der Waals surface area contributed by atoms with Crippen molar-refractivity contribution in [1.82, 2.24) is 24.1 Å². The second kappa shape index (κ2) is 8.80. The van der Waals surface area contributed by atoms with E-state index < -0.39 is 5.97 Å². The molecule has 0 fully saturated rings. The summed E-state index contributed by atoms with van der Waals surface area (Å²) >= 11 is 3.31. The van der Waals surface area contributed by atoms with E-state index >= 15 is 0 Å². The number of carbonyl (C=O) groups excluding carboxylic acids is 1. The topological polar surface area (TPSA) is 91.4 Å². The highest BCUT2D eigenvalue weighted by atomic mass is 32.2. The average Bonchev–Trinajstić information content (AvgIpc) is 3.46. The molecule has 0 amide bonds. The molecule has 0 spiro atoms. The molecule has 2 aromatic carbocycles. The number of hydrogen-bond acceptors (Lipinski definition) is 8. The number of aryl methyl sites for hydroxylation is 2. The van der Waals surface area contributed by atoms with Crippen LogP contribution in [0.4, 0.5) is 0 Å². The summed E-state index contributed by atoms with van der Waals surface area (Å²) in [4.78, 5) is 30.7. The summed E-state index contributed by atoms with van der Waals surface area (Å²) in [6.45, 7) is 1.92. The molecule has 0 saturated carbocycles. The van der Waals surface area contributed by atoms with Crippen LogP contribution in [-0.2, 0) is 24.1 Å². The highest BCUT2D eigenvalue weighted by Gasteiger charge is 2.16. The van der Waals surface area contributed by atoms with Crippen molar-refractivity contribution in [2.75, 3.05) is 0 Å². The molecule has 5 aromatic rings. The van der Waals surface area contributed by atoms with Crippen LogP contribution in [0.5, 0.6) is 0 Å². The van der Waals surface area contributed by atoms with Crippen LogP contribution in [0.25, 0.3) is 16.7 Å². The molecule has 0 atom stereocenters. The first kappa shape index (κ1) is 21.4. The van der Waals surface area contributed by atoms with Gasteiger partial charge in [0.1, 0.15) is 0 Å². The molecule has 0 saturated heterocycles. The second-order valence-corrected chi connectivity index (χ2v) is 9.49. The Morgan fingerprint density at radius 3 is 2.67 bits per heavy atom. The molecule has 3 aromatic heterocycles. The van der Waals surface area contributed by atoms with Crippen LogP contribution in [0.15, 0.2) is 63.6 Å². The third-order valence-electron chi connectivity index (χ3n) is 5.17. The quantitative estimate of drug-likeness (QED) is 0.270. The van der Waals surface area contributed by atoms with Crippen LogP contribution < -0.4 is 5.56 Å². The van der Waals surface area contributed by atoms with Gasteiger partial charge in [-0.05, 0) is 43.3 Å². The number of benzene rings is 2. The summed E-state index contributed by atoms with van der Waals surface area (Å²) in [7, 11) is 1.64. The van der Waals surface area contributed by atoms with E-state index in [0.717, 1.165) is 21.3 Å². The number of ether oxygens (including phenoxy) is 1. The van der Waals surface area contributed by atoms with Crippen molar-refractivity contribution in [2.45, 2.75) is 24.2 Å². The minimum Gasteiger partial charge on any atom is -0.454 e. The van der Waals surface area contributed by atoms with Crippen LogP contribution >= 0.6 is 23.1 Å². The Morgan fingerprint density at radius 1 is 1.12 bits per heavy atom. The second-order valence-electron chi connectivity index (χ2n) is 7.38. The Kier molecular flexibility index (Phi) is 5.69. The van der Waals surface area contributed by atoms with Crippen LogP contribution in [0.2, 0.25) is 0 Å². The van der Waals surface area contributed by atoms with Gasteiger partial charge in [-0.3, -0.25) is 13.8 Å². The minimum absolute atomic E-state index is 0.0676. The van der Waals surface area contributed by atoms with Gasteiger partial charge in [0.05, 0.1) is 27.2 Å². The Balaban J connectivity index is 1.30. The fourth-order valence-electron chi connectivity index (χ4n) is 3.52. The molecule has 5 rings (SSSR count). The average molecular weight is 478 g/mol. The zero-order valence-electron chi connectivity index (χ0n) is 17.9. The monoisotopic (exact) mass is 477 g/mol. The highest BCUT2D eigenvalue weighted by Crippen LogP contribution is 2.24. The summed E-state index contributed by atoms with van der Waals surface area (Å²) in [6, 6.07) is 14.5. The predicted octanol–water partition coefficient (Wildman–Crippen LogP) is 4.00. The lowest BCUT2D eigenvalue weighted by atomic mass is 10.2. The van der Waals surface area contributed by atoms with Crippen molar-refractivity contribution in [2.24, 2.45) is 7.05 Å². The van der Waals surface area contributed by atoms with E-state index in [0.29, 0.717) is 28.1 Å². The fourth-order valence-corrected chi connectivity index (χ4v) is 5.03. The lowest BCUT2D eigenvalue weighted by molar-refractivity contribution is 0.0461. The molecule has 8 nitrogen and oxygen atoms in total. The van der Waals surface area contributed by atoms with Gasteiger partial charge in [-0.1, -0.05) is 12.1 Å². The lowest BCUT2D eigenvalue weighted by Crippen LogP contribution is -2.20. The highest BCUT2D eigenvalue weighted by molar-refractivity contribution is 7.98. The van der Waals surface area contributed by atoms with Gasteiger partial charge < -0.3 is 4.74 Å². The van der Waals surface area contributed by atoms with E-state index in [1.54, 1.807) is 58.8 Å². The Hall–Kier alpha value is -3.50. The van der Waals surface area contributed by atoms with Gasteiger partial charge in [0.15, 0.2) is 12.4 Å². The number of nitrogens with zero attached hydrogens (tertiary/aromatic N) is 5. The van der Waals surface area contributed by atoms with Crippen molar-refractivity contribution in [3.05, 3.63) is 86.4 Å². The van der Waals surface area contributed by atoms with Crippen molar-refractivity contribution < 1.29 is 9.53 Å². The SMILES string of the molecule is Cc1nc(CSc2ccc(C(=O)OCc3nnc4n(C)c(=O)c5ccccc5n34)cc2)cs1. The molecule has 166 valence electrons. The van der Waals surface area contributed by atoms with Gasteiger partial charge in [-0.25, -0.2) is 9.78 Å². The number of thiazole rings is 1. The maximum absolute atomic E-state index is 12.6. The number of hydrogen-bond donors (Lipinski definition) is 0. The van der Waals surface area contributed by atoms with E-state index in [9.17, 15) is 9.59 Å². The Morgan fingerprint density at radius 2 is 1.91 bits per heavy atom. The van der Waals surface area contributed by atoms with E-state index in [1.165, 1.54) is 4.57 Å². The maximum atomic E-state index is 12.6. The summed E-state index contributed by atoms with van der Waals surface area (Å²) in [5.74, 6) is 1.16. The van der Waals surface area contributed by atoms with Crippen molar-refractivity contribution in [3.63, 3.8) is 0 Å². The summed E-state index contributed by atoms with van der Waals surface area (Å²) < 4.78 is 8.68. The van der Waals surface area contributed by atoms with E-state index in [2.05, 4.69) is 20.6 Å². The van der Waals surface area contributed by atoms with Crippen LogP contribution in [0, 0.1) is 6.92 Å². The zero-order valence-corrected chi connectivity index (χ0v) is 19.5. The summed E-state index contributed by atoms with van der Waals surface area (Å²) in [5.41, 5.74) is 2.02. The maximum Gasteiger partial charge on any atom is 0.338 e. The van der Waals surface area contributed by atoms with E-state index in [4.69, 9.17) is 4.74 Å². The molecule has 3 heterocycles. The summed E-state index contributed by atoms with van der Waals surface area (Å²) in [5, 5.41) is 11.9. The zero-order chi connectivity index (χ0) is 22.9. The summed E-state index contributed by atoms with van der Waals surface area (Å²) in [6.07, 6.45) is 0. The smallest absolute Gasteiger partial charge is 0.338 e. The van der Waals surface area contributed by atoms with Gasteiger partial charge in [0.2, 0.25) is 5.78 Å². The van der Waals surface area contributed by atoms with Gasteiger partial charge in [-0.2, -0.15) is 0 Å². The van der Waals surface area contributed by atoms with Gasteiger partial charge in [-0.15, -0.1) is 33.3 Å². The third-order valence-corrected chi connectivity index (χ3v) is 7.04. The largest absolute Gasteiger partial charge is 0.454 e. The normalized spacial score (nSPS) is 11.3. The molecule has 10 heteroatoms. The minimum atomic E-state index is -0.451. The number of thioether (sulfide) groups is 1. The number of carbonyl (C=O) groups is 1. The lowest BCUT2D eigenvalue weighted by Gasteiger charge is -2.08. The standard InChI is InChI=1S/C23H19N5O3S2/c1-14-24-16(12-32-14)13-33-17-9-7-15(8-10-17)22(30)31-11-20-25-26-23-27(2)21(29)18-5-3-4-6-19(18)28(20)23/h3-10,12H,11,13H2,1-2H3. The van der Waals surface area contributed by atoms with Gasteiger partial charge >= 0.3 is 5.97 Å². The first-order chi connectivity index (χ1) is 16.0. The number of esters is 1. The molecular weight excluding hydrogens is 458 g/mol. The van der Waals surface area contributed by atoms with Crippen molar-refractivity contribution in [1.29, 1.82) is 0 Å². The molecule has 0 unspecified atom stereocenters. The van der Waals surface area contributed by atoms with E-state index in [-0.39, 0.29) is 12.2 Å². The first-order valence-corrected chi connectivity index (χ1v) is 12.0. The first-order valence-electron chi connectivity index (χ1n) is 10.1. The van der Waals surface area contributed by atoms with Crippen molar-refractivity contribution >= 4 is 45.7 Å². The van der Waals surface area contributed by atoms with Crippen LogP contribution in [-0.4, -0.2) is 30.1 Å². The van der Waals surface area contributed by atoms with E-state index in [1.807, 2.05) is 31.2 Å². The fraction of sp³-hybridized carbons (Fsp3) is 0.174. The molecular formula is C23H19N5O3S2. The Labute approximate surface area is 196 Å². The third kappa shape index (κ3) is 4.14. The number of aromatic nitrogens is 5.